The first-order valence-corrected chi connectivity index (χ1v) is 12.6. The summed E-state index contributed by atoms with van der Waals surface area (Å²) in [4.78, 5) is 51.7. The Balaban J connectivity index is 2.29. The van der Waals surface area contributed by atoms with Crippen LogP contribution in [-0.2, 0) is 36.7 Å². The molecule has 0 bridgehead atoms. The van der Waals surface area contributed by atoms with E-state index in [1.165, 1.54) is 44.6 Å². The van der Waals surface area contributed by atoms with Crippen LogP contribution in [0.4, 0.5) is 0 Å². The Morgan fingerprint density at radius 2 is 1.59 bits per heavy atom. The molecule has 1 aliphatic rings. The number of amides is 1. The number of nitrogens with one attached hydrogen (secondary N) is 1. The Hall–Kier alpha value is -2.70. The molecule has 34 heavy (non-hydrogen) atoms. The molecule has 0 unspecified atom stereocenters. The number of hydrogen-bond acceptors (Lipinski definition) is 6. The molecule has 0 saturated carbocycles. The molecular weight excluding hydrogens is 434 g/mol. The zero-order valence-corrected chi connectivity index (χ0v) is 21.0. The van der Waals surface area contributed by atoms with Gasteiger partial charge in [-0.2, -0.15) is 0 Å². The minimum atomic E-state index is -2.20. The van der Waals surface area contributed by atoms with Crippen LogP contribution in [0.3, 0.4) is 0 Å². The summed E-state index contributed by atoms with van der Waals surface area (Å²) in [5.41, 5.74) is 0.369. The lowest BCUT2D eigenvalue weighted by Gasteiger charge is -2.38. The van der Waals surface area contributed by atoms with Crippen LogP contribution >= 0.6 is 0 Å². The van der Waals surface area contributed by atoms with Crippen molar-refractivity contribution in [3.63, 3.8) is 0 Å². The number of ketones is 1. The van der Waals surface area contributed by atoms with Crippen molar-refractivity contribution in [2.75, 3.05) is 13.2 Å². The third kappa shape index (κ3) is 6.45. The number of carbonyl (C=O) groups is 4. The second-order valence-corrected chi connectivity index (χ2v) is 8.89. The van der Waals surface area contributed by atoms with E-state index in [2.05, 4.69) is 18.3 Å². The van der Waals surface area contributed by atoms with Crippen LogP contribution in [0.15, 0.2) is 18.2 Å². The topological polar surface area (TPSA) is 98.8 Å². The van der Waals surface area contributed by atoms with Gasteiger partial charge in [0.05, 0.1) is 19.1 Å². The van der Waals surface area contributed by atoms with Crippen molar-refractivity contribution in [3.05, 3.63) is 34.9 Å². The Morgan fingerprint density at radius 1 is 0.971 bits per heavy atom. The van der Waals surface area contributed by atoms with Crippen molar-refractivity contribution >= 4 is 23.6 Å². The summed E-state index contributed by atoms with van der Waals surface area (Å²) < 4.78 is 10.3. The van der Waals surface area contributed by atoms with E-state index >= 15 is 0 Å². The average molecular weight is 474 g/mol. The number of esters is 2. The second kappa shape index (κ2) is 13.3. The highest BCUT2D eigenvalue weighted by Crippen LogP contribution is 2.35. The number of rotatable bonds is 13. The van der Waals surface area contributed by atoms with Gasteiger partial charge in [0.1, 0.15) is 0 Å². The highest BCUT2D eigenvalue weighted by atomic mass is 16.6. The molecule has 0 fully saturated rings. The Kier molecular flexibility index (Phi) is 10.7. The Labute approximate surface area is 203 Å². The van der Waals surface area contributed by atoms with Gasteiger partial charge in [-0.1, -0.05) is 57.2 Å². The minimum Gasteiger partial charge on any atom is -0.464 e. The molecule has 1 amide bonds. The van der Waals surface area contributed by atoms with Crippen molar-refractivity contribution in [2.45, 2.75) is 91.0 Å². The standard InChI is InChI=1S/C27H39NO6/c1-5-8-9-10-11-12-13-20-14-16-22-21(18-20)15-17-23(24(22)30)27(28-19(4)29,25(31)33-6-2)26(32)34-7-3/h14,16,18,23H,5-13,15,17H2,1-4H3,(H,28,29)/t23-/m1/s1. The van der Waals surface area contributed by atoms with Crippen molar-refractivity contribution < 1.29 is 28.7 Å². The van der Waals surface area contributed by atoms with Gasteiger partial charge in [0, 0.05) is 12.5 Å². The summed E-state index contributed by atoms with van der Waals surface area (Å²) in [6, 6.07) is 5.79. The maximum atomic E-state index is 13.6. The summed E-state index contributed by atoms with van der Waals surface area (Å²) in [5, 5.41) is 2.44. The molecule has 0 saturated heterocycles. The number of aryl methyl sites for hydroxylation is 2. The summed E-state index contributed by atoms with van der Waals surface area (Å²) in [6.45, 7) is 6.61. The molecule has 1 aromatic rings. The molecule has 0 spiro atoms. The molecule has 7 heteroatoms. The maximum Gasteiger partial charge on any atom is 0.344 e. The molecule has 7 nitrogen and oxygen atoms in total. The van der Waals surface area contributed by atoms with E-state index in [-0.39, 0.29) is 25.4 Å². The molecule has 1 aliphatic carbocycles. The summed E-state index contributed by atoms with van der Waals surface area (Å²) in [6.07, 6.45) is 9.01. The lowest BCUT2D eigenvalue weighted by Crippen LogP contribution is -2.67. The third-order valence-corrected chi connectivity index (χ3v) is 6.36. The van der Waals surface area contributed by atoms with Crippen LogP contribution in [0, 0.1) is 5.92 Å². The van der Waals surface area contributed by atoms with E-state index in [1.54, 1.807) is 19.9 Å². The van der Waals surface area contributed by atoms with Gasteiger partial charge in [0.25, 0.3) is 0 Å². The number of fused-ring (bicyclic) bond motifs is 1. The summed E-state index contributed by atoms with van der Waals surface area (Å²) in [7, 11) is 0. The fourth-order valence-corrected chi connectivity index (χ4v) is 4.72. The van der Waals surface area contributed by atoms with Gasteiger partial charge in [0.15, 0.2) is 5.78 Å². The first-order valence-electron chi connectivity index (χ1n) is 12.6. The van der Waals surface area contributed by atoms with E-state index in [0.717, 1.165) is 18.4 Å². The molecule has 1 aromatic carbocycles. The molecule has 1 atom stereocenters. The van der Waals surface area contributed by atoms with Gasteiger partial charge in [-0.15, -0.1) is 0 Å². The highest BCUT2D eigenvalue weighted by Gasteiger charge is 2.59. The predicted octanol–water partition coefficient (Wildman–Crippen LogP) is 4.34. The molecule has 0 aromatic heterocycles. The monoisotopic (exact) mass is 473 g/mol. The van der Waals surface area contributed by atoms with Crippen molar-refractivity contribution in [1.82, 2.24) is 5.32 Å². The number of unbranched alkanes of at least 4 members (excludes halogenated alkanes) is 5. The first-order chi connectivity index (χ1) is 16.3. The van der Waals surface area contributed by atoms with Crippen LogP contribution in [0.2, 0.25) is 0 Å². The fraction of sp³-hybridized carbons (Fsp3) is 0.630. The lowest BCUT2D eigenvalue weighted by molar-refractivity contribution is -0.170. The van der Waals surface area contributed by atoms with Gasteiger partial charge >= 0.3 is 11.9 Å². The molecule has 0 aliphatic heterocycles. The first kappa shape index (κ1) is 27.5. The number of benzene rings is 1. The van der Waals surface area contributed by atoms with Gasteiger partial charge in [-0.25, -0.2) is 9.59 Å². The smallest absolute Gasteiger partial charge is 0.344 e. The zero-order valence-electron chi connectivity index (χ0n) is 21.0. The molecule has 188 valence electrons. The van der Waals surface area contributed by atoms with Crippen LogP contribution in [0.25, 0.3) is 0 Å². The Morgan fingerprint density at radius 3 is 2.18 bits per heavy atom. The normalized spacial score (nSPS) is 15.4. The third-order valence-electron chi connectivity index (χ3n) is 6.36. The van der Waals surface area contributed by atoms with Crippen LogP contribution in [-0.4, -0.2) is 42.4 Å². The van der Waals surface area contributed by atoms with Gasteiger partial charge in [0.2, 0.25) is 11.4 Å². The fourth-order valence-electron chi connectivity index (χ4n) is 4.72. The quantitative estimate of drug-likeness (QED) is 0.260. The molecule has 1 N–H and O–H groups in total. The maximum absolute atomic E-state index is 13.6. The van der Waals surface area contributed by atoms with Gasteiger partial charge in [-0.05, 0) is 50.7 Å². The van der Waals surface area contributed by atoms with Crippen molar-refractivity contribution in [3.8, 4) is 0 Å². The number of ether oxygens (including phenoxy) is 2. The van der Waals surface area contributed by atoms with Crippen LogP contribution in [0.5, 0.6) is 0 Å². The summed E-state index contributed by atoms with van der Waals surface area (Å²) in [5.74, 6) is -4.02. The number of Topliss-reactive ketones (excluding diaryl/α,β-unsaturated/α-hetero) is 1. The van der Waals surface area contributed by atoms with E-state index in [4.69, 9.17) is 9.47 Å². The van der Waals surface area contributed by atoms with Crippen molar-refractivity contribution in [2.24, 2.45) is 5.92 Å². The lowest BCUT2D eigenvalue weighted by atomic mass is 9.71. The largest absolute Gasteiger partial charge is 0.464 e. The second-order valence-electron chi connectivity index (χ2n) is 8.89. The molecule has 2 rings (SSSR count). The van der Waals surface area contributed by atoms with Gasteiger partial charge < -0.3 is 14.8 Å². The summed E-state index contributed by atoms with van der Waals surface area (Å²) >= 11 is 0. The van der Waals surface area contributed by atoms with Gasteiger partial charge in [-0.3, -0.25) is 9.59 Å². The van der Waals surface area contributed by atoms with E-state index < -0.39 is 29.3 Å². The minimum absolute atomic E-state index is 0.00112. The average Bonchev–Trinajstić information content (AvgIpc) is 2.80. The van der Waals surface area contributed by atoms with E-state index in [9.17, 15) is 19.2 Å². The van der Waals surface area contributed by atoms with E-state index in [1.807, 2.05) is 6.07 Å². The Bertz CT molecular complexity index is 860. The molecule has 0 heterocycles. The molecule has 0 radical (unpaired) electrons. The highest BCUT2D eigenvalue weighted by molar-refractivity contribution is 6.15. The molecular formula is C27H39NO6. The van der Waals surface area contributed by atoms with E-state index in [0.29, 0.717) is 12.0 Å². The number of carbonyl (C=O) groups excluding carboxylic acids is 4. The number of hydrogen-bond donors (Lipinski definition) is 1. The zero-order chi connectivity index (χ0) is 25.1. The van der Waals surface area contributed by atoms with Crippen LogP contribution < -0.4 is 5.32 Å². The SMILES string of the molecule is CCCCCCCCc1ccc2c(c1)CC[C@@H](C(NC(C)=O)(C(=O)OCC)C(=O)OCC)C2=O. The van der Waals surface area contributed by atoms with Crippen LogP contribution in [0.1, 0.15) is 94.1 Å². The predicted molar refractivity (Wildman–Crippen MR) is 129 cm³/mol. The van der Waals surface area contributed by atoms with Crippen molar-refractivity contribution in [1.29, 1.82) is 0 Å².